The van der Waals surface area contributed by atoms with E-state index >= 15 is 0 Å². The van der Waals surface area contributed by atoms with Gasteiger partial charge in [0.2, 0.25) is 0 Å². The molecule has 12 rings (SSSR count). The minimum atomic E-state index is 0.682. The van der Waals surface area contributed by atoms with E-state index < -0.39 is 0 Å². The molecule has 266 valence electrons. The van der Waals surface area contributed by atoms with Gasteiger partial charge in [-0.2, -0.15) is 0 Å². The van der Waals surface area contributed by atoms with Crippen molar-refractivity contribution in [3.8, 4) is 45.3 Å². The second-order valence-electron chi connectivity index (χ2n) is 14.5. The van der Waals surface area contributed by atoms with Crippen LogP contribution >= 0.6 is 0 Å². The van der Waals surface area contributed by atoms with Crippen LogP contribution < -0.4 is 0 Å². The van der Waals surface area contributed by atoms with Crippen LogP contribution in [0.15, 0.2) is 199 Å². The molecule has 4 heterocycles. The number of para-hydroxylation sites is 4. The molecular weight excluding hydrogens is 697 g/mol. The zero-order chi connectivity index (χ0) is 37.5. The summed E-state index contributed by atoms with van der Waals surface area (Å²) in [6.07, 6.45) is 0. The van der Waals surface area contributed by atoms with Crippen LogP contribution in [0.4, 0.5) is 0 Å². The predicted molar refractivity (Wildman–Crippen MR) is 234 cm³/mol. The molecule has 0 spiro atoms. The van der Waals surface area contributed by atoms with Gasteiger partial charge in [-0.3, -0.25) is 0 Å². The van der Waals surface area contributed by atoms with Crippen molar-refractivity contribution >= 4 is 65.6 Å². The van der Waals surface area contributed by atoms with E-state index in [1.165, 1.54) is 27.1 Å². The van der Waals surface area contributed by atoms with Crippen LogP contribution in [-0.2, 0) is 0 Å². The summed E-state index contributed by atoms with van der Waals surface area (Å²) in [6.45, 7) is 0. The van der Waals surface area contributed by atoms with Crippen LogP contribution in [0.5, 0.6) is 0 Å². The molecule has 0 saturated carbocycles. The predicted octanol–water partition coefficient (Wildman–Crippen LogP) is 13.6. The zero-order valence-corrected chi connectivity index (χ0v) is 30.7. The van der Waals surface area contributed by atoms with Gasteiger partial charge in [-0.15, -0.1) is 0 Å². The lowest BCUT2D eigenvalue weighted by Crippen LogP contribution is -1.96. The van der Waals surface area contributed by atoms with Gasteiger partial charge in [0.05, 0.1) is 39.1 Å². The average Bonchev–Trinajstić information content (AvgIpc) is 3.95. The monoisotopic (exact) mass is 728 g/mol. The standard InChI is InChI=1S/C52H32N4O/c1-4-16-33(17-5-1)41-32-42(54-52(53-41)34-18-6-2-7-19-34)38-24-15-29-47-48(38)40-25-14-28-46(51(40)57-47)56-43-26-12-10-22-36(43)37-30-31-45-49(50(37)56)39-23-11-13-27-44(39)55(45)35-20-8-3-9-21-35/h1-32H. The van der Waals surface area contributed by atoms with E-state index in [1.807, 2.05) is 36.4 Å². The summed E-state index contributed by atoms with van der Waals surface area (Å²) in [4.78, 5) is 10.3. The fraction of sp³-hybridized carbons (Fsp3) is 0. The highest BCUT2D eigenvalue weighted by Crippen LogP contribution is 2.45. The molecule has 12 aromatic rings. The zero-order valence-electron chi connectivity index (χ0n) is 30.7. The molecule has 0 N–H and O–H groups in total. The van der Waals surface area contributed by atoms with Crippen molar-refractivity contribution in [2.24, 2.45) is 0 Å². The van der Waals surface area contributed by atoms with Crippen molar-refractivity contribution in [1.29, 1.82) is 0 Å². The molecule has 8 aromatic carbocycles. The first kappa shape index (κ1) is 31.6. The Morgan fingerprint density at radius 1 is 0.404 bits per heavy atom. The van der Waals surface area contributed by atoms with E-state index in [9.17, 15) is 0 Å². The van der Waals surface area contributed by atoms with Crippen molar-refractivity contribution in [3.05, 3.63) is 194 Å². The van der Waals surface area contributed by atoms with Crippen molar-refractivity contribution < 1.29 is 4.42 Å². The van der Waals surface area contributed by atoms with E-state index in [0.29, 0.717) is 5.82 Å². The van der Waals surface area contributed by atoms with E-state index in [2.05, 4.69) is 167 Å². The van der Waals surface area contributed by atoms with Gasteiger partial charge in [-0.05, 0) is 48.5 Å². The molecule has 0 amide bonds. The first-order valence-corrected chi connectivity index (χ1v) is 19.3. The molecule has 0 atom stereocenters. The quantitative estimate of drug-likeness (QED) is 0.177. The van der Waals surface area contributed by atoms with Crippen LogP contribution in [0.3, 0.4) is 0 Å². The van der Waals surface area contributed by atoms with Gasteiger partial charge in [0, 0.05) is 54.7 Å². The van der Waals surface area contributed by atoms with Gasteiger partial charge in [0.15, 0.2) is 11.4 Å². The largest absolute Gasteiger partial charge is 0.454 e. The summed E-state index contributed by atoms with van der Waals surface area (Å²) in [5, 5.41) is 6.87. The number of rotatable bonds is 5. The van der Waals surface area contributed by atoms with Crippen LogP contribution in [0.2, 0.25) is 0 Å². The van der Waals surface area contributed by atoms with Crippen molar-refractivity contribution in [2.75, 3.05) is 0 Å². The molecule has 0 aliphatic heterocycles. The Kier molecular flexibility index (Phi) is 6.86. The van der Waals surface area contributed by atoms with E-state index in [1.54, 1.807) is 0 Å². The molecule has 0 aliphatic carbocycles. The highest BCUT2D eigenvalue weighted by atomic mass is 16.3. The topological polar surface area (TPSA) is 48.8 Å². The number of aromatic nitrogens is 4. The smallest absolute Gasteiger partial charge is 0.160 e. The molecule has 0 fully saturated rings. The van der Waals surface area contributed by atoms with E-state index in [4.69, 9.17) is 14.4 Å². The van der Waals surface area contributed by atoms with Gasteiger partial charge in [0.1, 0.15) is 5.58 Å². The van der Waals surface area contributed by atoms with Gasteiger partial charge in [0.25, 0.3) is 0 Å². The third-order valence-corrected chi connectivity index (χ3v) is 11.3. The van der Waals surface area contributed by atoms with Gasteiger partial charge >= 0.3 is 0 Å². The van der Waals surface area contributed by atoms with Crippen molar-refractivity contribution in [1.82, 2.24) is 19.1 Å². The first-order chi connectivity index (χ1) is 28.3. The first-order valence-electron chi connectivity index (χ1n) is 19.3. The van der Waals surface area contributed by atoms with Gasteiger partial charge in [-0.1, -0.05) is 146 Å². The minimum Gasteiger partial charge on any atom is -0.454 e. The number of hydrogen-bond acceptors (Lipinski definition) is 3. The van der Waals surface area contributed by atoms with Gasteiger partial charge < -0.3 is 13.6 Å². The Hall–Kier alpha value is -7.76. The Morgan fingerprint density at radius 3 is 1.82 bits per heavy atom. The number of fused-ring (bicyclic) bond motifs is 10. The Balaban J connectivity index is 1.16. The summed E-state index contributed by atoms with van der Waals surface area (Å²) in [7, 11) is 0. The molecule has 4 aromatic heterocycles. The molecular formula is C52H32N4O. The normalized spacial score (nSPS) is 11.9. The second kappa shape index (κ2) is 12.4. The Labute approximate surface area is 327 Å². The average molecular weight is 729 g/mol. The summed E-state index contributed by atoms with van der Waals surface area (Å²) in [6, 6.07) is 68.1. The summed E-state index contributed by atoms with van der Waals surface area (Å²) < 4.78 is 11.8. The third-order valence-electron chi connectivity index (χ3n) is 11.3. The highest BCUT2D eigenvalue weighted by molar-refractivity contribution is 6.27. The molecule has 0 radical (unpaired) electrons. The third kappa shape index (κ3) is 4.76. The molecule has 0 saturated heterocycles. The second-order valence-corrected chi connectivity index (χ2v) is 14.5. The fourth-order valence-corrected chi connectivity index (χ4v) is 8.89. The minimum absolute atomic E-state index is 0.682. The molecule has 0 unspecified atom stereocenters. The fourth-order valence-electron chi connectivity index (χ4n) is 8.89. The molecule has 0 bridgehead atoms. The van der Waals surface area contributed by atoms with Crippen LogP contribution in [0, 0.1) is 0 Å². The lowest BCUT2D eigenvalue weighted by atomic mass is 10.0. The lowest BCUT2D eigenvalue weighted by Gasteiger charge is -2.11. The van der Waals surface area contributed by atoms with Crippen LogP contribution in [0.1, 0.15) is 0 Å². The molecule has 5 heteroatoms. The van der Waals surface area contributed by atoms with Gasteiger partial charge in [-0.25, -0.2) is 9.97 Å². The number of benzene rings is 8. The summed E-state index contributed by atoms with van der Waals surface area (Å²) >= 11 is 0. The SMILES string of the molecule is c1ccc(-c2cc(-c3cccc4oc5c(-n6c7ccccc7c7ccc8c(c9ccccc9n8-c8ccccc8)c76)cccc5c34)nc(-c3ccccc3)n2)cc1. The Bertz CT molecular complexity index is 3450. The number of nitrogens with zero attached hydrogens (tertiary/aromatic N) is 4. The maximum Gasteiger partial charge on any atom is 0.160 e. The maximum absolute atomic E-state index is 7.00. The summed E-state index contributed by atoms with van der Waals surface area (Å²) in [5.74, 6) is 0.682. The molecule has 0 aliphatic rings. The number of hydrogen-bond donors (Lipinski definition) is 0. The number of furan rings is 1. The van der Waals surface area contributed by atoms with Crippen LogP contribution in [0.25, 0.3) is 111 Å². The lowest BCUT2D eigenvalue weighted by molar-refractivity contribution is 0.666. The highest BCUT2D eigenvalue weighted by Gasteiger charge is 2.24. The van der Waals surface area contributed by atoms with Crippen molar-refractivity contribution in [3.63, 3.8) is 0 Å². The van der Waals surface area contributed by atoms with E-state index in [0.717, 1.165) is 77.9 Å². The maximum atomic E-state index is 7.00. The Morgan fingerprint density at radius 2 is 1.04 bits per heavy atom. The molecule has 5 nitrogen and oxygen atoms in total. The molecule has 57 heavy (non-hydrogen) atoms. The van der Waals surface area contributed by atoms with Crippen molar-refractivity contribution in [2.45, 2.75) is 0 Å². The van der Waals surface area contributed by atoms with Crippen LogP contribution in [-0.4, -0.2) is 19.1 Å². The summed E-state index contributed by atoms with van der Waals surface area (Å²) in [5.41, 5.74) is 13.1. The van der Waals surface area contributed by atoms with E-state index in [-0.39, 0.29) is 0 Å².